The van der Waals surface area contributed by atoms with Crippen molar-refractivity contribution in [3.63, 3.8) is 0 Å². The molecule has 4 aromatic carbocycles. The number of hydrogen-bond donors (Lipinski definition) is 0. The van der Waals surface area contributed by atoms with Crippen molar-refractivity contribution in [1.29, 1.82) is 5.26 Å². The predicted molar refractivity (Wildman–Crippen MR) is 153 cm³/mol. The number of carbonyl (C=O) groups is 1. The minimum atomic E-state index is -1.37. The van der Waals surface area contributed by atoms with Gasteiger partial charge in [-0.05, 0) is 59.0 Å². The van der Waals surface area contributed by atoms with Crippen LogP contribution in [-0.4, -0.2) is 31.0 Å². The molecule has 5 heteroatoms. The van der Waals surface area contributed by atoms with Crippen molar-refractivity contribution in [1.82, 2.24) is 4.90 Å². The lowest BCUT2D eigenvalue weighted by molar-refractivity contribution is -0.138. The number of methoxy groups -OCH3 is 1. The van der Waals surface area contributed by atoms with Gasteiger partial charge in [-0.15, -0.1) is 0 Å². The van der Waals surface area contributed by atoms with Crippen LogP contribution in [0.25, 0.3) is 16.3 Å². The number of benzene rings is 4. The van der Waals surface area contributed by atoms with E-state index in [0.717, 1.165) is 27.5 Å². The first kappa shape index (κ1) is 25.6. The summed E-state index contributed by atoms with van der Waals surface area (Å²) in [6.45, 7) is 2.76. The van der Waals surface area contributed by atoms with Crippen LogP contribution in [0.5, 0.6) is 5.75 Å². The number of hydrogen-bond acceptors (Lipinski definition) is 3. The van der Waals surface area contributed by atoms with Crippen molar-refractivity contribution < 1.29 is 9.53 Å². The molecule has 0 fully saturated rings. The molecule has 0 bridgehead atoms. The zero-order valence-electron chi connectivity index (χ0n) is 21.5. The molecule has 38 heavy (non-hydrogen) atoms. The molecular weight excluding hydrogens is 492 g/mol. The number of ether oxygens (including phenoxy) is 1. The van der Waals surface area contributed by atoms with Crippen molar-refractivity contribution in [2.45, 2.75) is 19.3 Å². The second-order valence-corrected chi connectivity index (χ2v) is 10.2. The molecule has 1 aliphatic rings. The molecule has 0 saturated heterocycles. The predicted octanol–water partition coefficient (Wildman–Crippen LogP) is 7.48. The van der Waals surface area contributed by atoms with Crippen LogP contribution in [-0.2, 0) is 4.79 Å². The summed E-state index contributed by atoms with van der Waals surface area (Å²) in [6.07, 6.45) is 2.79. The maximum absolute atomic E-state index is 14.3. The van der Waals surface area contributed by atoms with E-state index in [9.17, 15) is 10.1 Å². The van der Waals surface area contributed by atoms with Gasteiger partial charge in [-0.1, -0.05) is 90.5 Å². The Morgan fingerprint density at radius 3 is 2.37 bits per heavy atom. The number of amides is 1. The highest BCUT2D eigenvalue weighted by Crippen LogP contribution is 2.47. The summed E-state index contributed by atoms with van der Waals surface area (Å²) in [6, 6.07) is 32.1. The highest BCUT2D eigenvalue weighted by molar-refractivity contribution is 6.30. The number of halogens is 1. The first-order valence-electron chi connectivity index (χ1n) is 12.7. The van der Waals surface area contributed by atoms with Gasteiger partial charge in [0.15, 0.2) is 0 Å². The van der Waals surface area contributed by atoms with E-state index in [1.54, 1.807) is 18.9 Å². The number of carbonyl (C=O) groups excluding carboxylic acids is 1. The summed E-state index contributed by atoms with van der Waals surface area (Å²) in [4.78, 5) is 16.1. The fourth-order valence-corrected chi connectivity index (χ4v) is 5.67. The Morgan fingerprint density at radius 1 is 0.974 bits per heavy atom. The van der Waals surface area contributed by atoms with Gasteiger partial charge in [-0.2, -0.15) is 5.26 Å². The van der Waals surface area contributed by atoms with E-state index >= 15 is 0 Å². The zero-order chi connectivity index (χ0) is 26.7. The first-order chi connectivity index (χ1) is 18.5. The maximum atomic E-state index is 14.3. The Morgan fingerprint density at radius 2 is 1.66 bits per heavy atom. The minimum absolute atomic E-state index is 0.185. The van der Waals surface area contributed by atoms with Gasteiger partial charge in [0.05, 0.1) is 13.2 Å². The minimum Gasteiger partial charge on any atom is -0.496 e. The summed E-state index contributed by atoms with van der Waals surface area (Å²) < 4.78 is 5.74. The highest BCUT2D eigenvalue weighted by Gasteiger charge is 2.47. The van der Waals surface area contributed by atoms with Crippen LogP contribution in [0, 0.1) is 16.7 Å². The first-order valence-corrected chi connectivity index (χ1v) is 13.1. The molecular formula is C33H29ClN2O2. The number of rotatable bonds is 6. The van der Waals surface area contributed by atoms with E-state index in [1.165, 1.54) is 5.57 Å². The topological polar surface area (TPSA) is 53.3 Å². The maximum Gasteiger partial charge on any atom is 0.244 e. The average Bonchev–Trinajstić information content (AvgIpc) is 2.97. The molecule has 4 nitrogen and oxygen atoms in total. The molecule has 0 spiro atoms. The molecule has 1 amide bonds. The fraction of sp³-hybridized carbons (Fsp3) is 0.212. The Kier molecular flexibility index (Phi) is 7.22. The standard InChI is InChI=1S/C33H29ClN2O2/c1-33(22-35,32(37)36-20-18-24(19-21-36)23-14-16-26(34)17-15-23)31(29-11-5-6-13-30(29)38-2)28-12-7-9-25-8-3-4-10-27(25)28/h3-18,31H,19-21H2,1-2H3/t31-,33+/m0/s1. The number of fused-ring (bicyclic) bond motifs is 1. The van der Waals surface area contributed by atoms with Gasteiger partial charge in [0, 0.05) is 29.6 Å². The molecule has 5 rings (SSSR count). The van der Waals surface area contributed by atoms with E-state index in [-0.39, 0.29) is 5.91 Å². The fourth-order valence-electron chi connectivity index (χ4n) is 5.54. The van der Waals surface area contributed by atoms with Gasteiger partial charge in [0.25, 0.3) is 0 Å². The van der Waals surface area contributed by atoms with Gasteiger partial charge < -0.3 is 9.64 Å². The lowest BCUT2D eigenvalue weighted by Gasteiger charge is -2.38. The molecule has 0 radical (unpaired) electrons. The third-order valence-corrected chi connectivity index (χ3v) is 7.80. The van der Waals surface area contributed by atoms with Crippen LogP contribution in [0.15, 0.2) is 97.1 Å². The van der Waals surface area contributed by atoms with Gasteiger partial charge >= 0.3 is 0 Å². The van der Waals surface area contributed by atoms with Crippen LogP contribution < -0.4 is 4.74 Å². The second kappa shape index (κ2) is 10.7. The monoisotopic (exact) mass is 520 g/mol. The van der Waals surface area contributed by atoms with Crippen molar-refractivity contribution in [3.8, 4) is 11.8 Å². The largest absolute Gasteiger partial charge is 0.496 e. The van der Waals surface area contributed by atoms with Gasteiger partial charge in [-0.3, -0.25) is 4.79 Å². The van der Waals surface area contributed by atoms with Gasteiger partial charge in [0.1, 0.15) is 11.2 Å². The Balaban J connectivity index is 1.58. The highest BCUT2D eigenvalue weighted by atomic mass is 35.5. The molecule has 0 aromatic heterocycles. The van der Waals surface area contributed by atoms with E-state index in [0.29, 0.717) is 30.3 Å². The summed E-state index contributed by atoms with van der Waals surface area (Å²) in [5.74, 6) is -0.0672. The molecule has 0 N–H and O–H groups in total. The molecule has 2 atom stereocenters. The van der Waals surface area contributed by atoms with Crippen LogP contribution >= 0.6 is 11.6 Å². The summed E-state index contributed by atoms with van der Waals surface area (Å²) >= 11 is 6.06. The van der Waals surface area contributed by atoms with Crippen LogP contribution in [0.4, 0.5) is 0 Å². The molecule has 0 saturated carbocycles. The summed E-state index contributed by atoms with van der Waals surface area (Å²) in [7, 11) is 1.62. The van der Waals surface area contributed by atoms with Crippen LogP contribution in [0.1, 0.15) is 36.0 Å². The molecule has 190 valence electrons. The summed E-state index contributed by atoms with van der Waals surface area (Å²) in [5, 5.41) is 13.5. The Hall–Kier alpha value is -4.07. The third kappa shape index (κ3) is 4.66. The number of nitriles is 1. The zero-order valence-corrected chi connectivity index (χ0v) is 22.3. The molecule has 1 aliphatic heterocycles. The SMILES string of the molecule is COc1ccccc1[C@H](c1cccc2ccccc12)[C@@](C)(C#N)C(=O)N1CC=C(c2ccc(Cl)cc2)CC1. The quantitative estimate of drug-likeness (QED) is 0.265. The van der Waals surface area contributed by atoms with Gasteiger partial charge in [-0.25, -0.2) is 0 Å². The molecule has 0 unspecified atom stereocenters. The normalized spacial score (nSPS) is 15.7. The molecule has 4 aromatic rings. The van der Waals surface area contributed by atoms with E-state index in [2.05, 4.69) is 30.3 Å². The Bertz CT molecular complexity index is 1550. The average molecular weight is 521 g/mol. The van der Waals surface area contributed by atoms with Crippen molar-refractivity contribution in [3.05, 3.63) is 119 Å². The van der Waals surface area contributed by atoms with E-state index in [1.807, 2.05) is 72.8 Å². The van der Waals surface area contributed by atoms with Crippen molar-refractivity contribution in [2.24, 2.45) is 5.41 Å². The van der Waals surface area contributed by atoms with Gasteiger partial charge in [0.2, 0.25) is 5.91 Å². The lowest BCUT2D eigenvalue weighted by atomic mass is 9.68. The van der Waals surface area contributed by atoms with Crippen LogP contribution in [0.2, 0.25) is 5.02 Å². The second-order valence-electron chi connectivity index (χ2n) is 9.79. The smallest absolute Gasteiger partial charge is 0.244 e. The molecule has 0 aliphatic carbocycles. The summed E-state index contributed by atoms with van der Waals surface area (Å²) in [5.41, 5.74) is 2.66. The Labute approximate surface area is 228 Å². The van der Waals surface area contributed by atoms with E-state index < -0.39 is 11.3 Å². The molecule has 1 heterocycles. The number of nitrogens with zero attached hydrogens (tertiary/aromatic N) is 2. The van der Waals surface area contributed by atoms with Crippen molar-refractivity contribution >= 4 is 33.9 Å². The van der Waals surface area contributed by atoms with E-state index in [4.69, 9.17) is 16.3 Å². The third-order valence-electron chi connectivity index (χ3n) is 7.55. The number of para-hydroxylation sites is 1. The van der Waals surface area contributed by atoms with Crippen molar-refractivity contribution in [2.75, 3.05) is 20.2 Å². The lowest BCUT2D eigenvalue weighted by Crippen LogP contribution is -2.46. The van der Waals surface area contributed by atoms with Crippen LogP contribution in [0.3, 0.4) is 0 Å².